The molecular weight excluding hydrogens is 168 g/mol. The largest absolute Gasteiger partial charge is 0.462 e. The standard InChI is InChI=1S/C10H15O3/c1-2-10(12)13-9-5-3-4-8(6-9)7-11/h8-9H,2-6H2,1H3. The molecule has 1 saturated carbocycles. The molecule has 1 rings (SSSR count). The zero-order valence-electron chi connectivity index (χ0n) is 7.91. The molecule has 3 nitrogen and oxygen atoms in total. The molecule has 0 amide bonds. The van der Waals surface area contributed by atoms with Crippen molar-refractivity contribution >= 4 is 12.3 Å². The lowest BCUT2D eigenvalue weighted by atomic mass is 9.88. The van der Waals surface area contributed by atoms with Crippen LogP contribution in [0, 0.1) is 5.92 Å². The molecule has 0 saturated heterocycles. The molecule has 0 heterocycles. The molecule has 1 aliphatic carbocycles. The number of hydrogen-bond donors (Lipinski definition) is 0. The molecule has 2 atom stereocenters. The molecule has 13 heavy (non-hydrogen) atoms. The highest BCUT2D eigenvalue weighted by Gasteiger charge is 2.24. The maximum absolute atomic E-state index is 11.0. The normalized spacial score (nSPS) is 28.1. The van der Waals surface area contributed by atoms with Crippen molar-refractivity contribution in [3.05, 3.63) is 0 Å². The quantitative estimate of drug-likeness (QED) is 0.624. The molecule has 0 aliphatic heterocycles. The van der Waals surface area contributed by atoms with Gasteiger partial charge in [0.25, 0.3) is 0 Å². The molecule has 1 aliphatic rings. The molecule has 1 radical (unpaired) electrons. The van der Waals surface area contributed by atoms with Crippen molar-refractivity contribution in [3.63, 3.8) is 0 Å². The summed E-state index contributed by atoms with van der Waals surface area (Å²) in [4.78, 5) is 21.3. The topological polar surface area (TPSA) is 43.4 Å². The molecule has 0 aromatic carbocycles. The first kappa shape index (κ1) is 10.2. The highest BCUT2D eigenvalue weighted by molar-refractivity contribution is 5.69. The minimum atomic E-state index is -0.170. The molecular formula is C10H15O3. The zero-order chi connectivity index (χ0) is 9.68. The van der Waals surface area contributed by atoms with E-state index >= 15 is 0 Å². The van der Waals surface area contributed by atoms with Crippen molar-refractivity contribution in [1.82, 2.24) is 0 Å². The van der Waals surface area contributed by atoms with E-state index in [0.717, 1.165) is 19.3 Å². The Kier molecular flexibility index (Phi) is 3.93. The van der Waals surface area contributed by atoms with E-state index in [4.69, 9.17) is 4.74 Å². The first-order valence-corrected chi connectivity index (χ1v) is 4.83. The molecule has 0 N–H and O–H groups in total. The summed E-state index contributed by atoms with van der Waals surface area (Å²) in [6.07, 6.45) is 5.75. The Balaban J connectivity index is 2.33. The number of ether oxygens (including phenoxy) is 1. The van der Waals surface area contributed by atoms with Gasteiger partial charge in [0.2, 0.25) is 6.29 Å². The second kappa shape index (κ2) is 5.00. The van der Waals surface area contributed by atoms with Gasteiger partial charge in [0.15, 0.2) is 0 Å². The second-order valence-corrected chi connectivity index (χ2v) is 3.45. The zero-order valence-corrected chi connectivity index (χ0v) is 7.91. The predicted octanol–water partition coefficient (Wildman–Crippen LogP) is 1.61. The fourth-order valence-electron chi connectivity index (χ4n) is 1.63. The van der Waals surface area contributed by atoms with Gasteiger partial charge >= 0.3 is 5.97 Å². The van der Waals surface area contributed by atoms with Crippen LogP contribution >= 0.6 is 0 Å². The lowest BCUT2D eigenvalue weighted by Gasteiger charge is -2.25. The number of rotatable bonds is 3. The number of carbonyl (C=O) groups excluding carboxylic acids is 2. The van der Waals surface area contributed by atoms with Gasteiger partial charge in [-0.1, -0.05) is 6.92 Å². The second-order valence-electron chi connectivity index (χ2n) is 3.45. The van der Waals surface area contributed by atoms with E-state index in [-0.39, 0.29) is 18.0 Å². The predicted molar refractivity (Wildman–Crippen MR) is 47.8 cm³/mol. The molecule has 1 fully saturated rings. The van der Waals surface area contributed by atoms with E-state index < -0.39 is 0 Å². The van der Waals surface area contributed by atoms with Crippen molar-refractivity contribution in [2.45, 2.75) is 45.1 Å². The number of esters is 1. The van der Waals surface area contributed by atoms with Gasteiger partial charge in [0.1, 0.15) is 6.10 Å². The maximum atomic E-state index is 11.0. The van der Waals surface area contributed by atoms with Crippen LogP contribution in [0.3, 0.4) is 0 Å². The van der Waals surface area contributed by atoms with E-state index in [9.17, 15) is 9.59 Å². The van der Waals surface area contributed by atoms with Gasteiger partial charge in [-0.15, -0.1) is 0 Å². The summed E-state index contributed by atoms with van der Waals surface area (Å²) in [5.74, 6) is -0.194. The van der Waals surface area contributed by atoms with E-state index in [1.807, 2.05) is 6.29 Å². The molecule has 0 bridgehead atoms. The minimum Gasteiger partial charge on any atom is -0.462 e. The lowest BCUT2D eigenvalue weighted by Crippen LogP contribution is -2.25. The smallest absolute Gasteiger partial charge is 0.305 e. The summed E-state index contributed by atoms with van der Waals surface area (Å²) in [6.45, 7) is 1.77. The van der Waals surface area contributed by atoms with Crippen LogP contribution < -0.4 is 0 Å². The summed E-state index contributed by atoms with van der Waals surface area (Å²) in [7, 11) is 0. The van der Waals surface area contributed by atoms with E-state index in [0.29, 0.717) is 12.8 Å². The Morgan fingerprint density at radius 3 is 2.92 bits per heavy atom. The molecule has 3 heteroatoms. The van der Waals surface area contributed by atoms with Crippen LogP contribution in [0.1, 0.15) is 39.0 Å². The van der Waals surface area contributed by atoms with Crippen molar-refractivity contribution < 1.29 is 14.3 Å². The Labute approximate surface area is 78.5 Å². The van der Waals surface area contributed by atoms with Crippen LogP contribution in [-0.4, -0.2) is 18.4 Å². The lowest BCUT2D eigenvalue weighted by molar-refractivity contribution is -0.150. The molecule has 0 aromatic heterocycles. The van der Waals surface area contributed by atoms with Gasteiger partial charge in [0, 0.05) is 12.3 Å². The van der Waals surface area contributed by atoms with E-state index in [2.05, 4.69) is 0 Å². The van der Waals surface area contributed by atoms with Gasteiger partial charge < -0.3 is 4.74 Å². The van der Waals surface area contributed by atoms with Crippen molar-refractivity contribution in [1.29, 1.82) is 0 Å². The fraction of sp³-hybridized carbons (Fsp3) is 0.800. The SMILES string of the molecule is CCC(=O)OC1CCCC([C]=O)C1. The van der Waals surface area contributed by atoms with Gasteiger partial charge in [-0.2, -0.15) is 0 Å². The molecule has 0 aromatic rings. The molecule has 0 spiro atoms. The highest BCUT2D eigenvalue weighted by atomic mass is 16.5. The monoisotopic (exact) mass is 183 g/mol. The van der Waals surface area contributed by atoms with Crippen LogP contribution in [-0.2, 0) is 14.3 Å². The Bertz CT molecular complexity index is 189. The minimum absolute atomic E-state index is 0.0246. The number of hydrogen-bond acceptors (Lipinski definition) is 3. The van der Waals surface area contributed by atoms with Crippen molar-refractivity contribution in [2.75, 3.05) is 0 Å². The highest BCUT2D eigenvalue weighted by Crippen LogP contribution is 2.24. The third-order valence-corrected chi connectivity index (χ3v) is 2.38. The van der Waals surface area contributed by atoms with Crippen molar-refractivity contribution in [2.24, 2.45) is 5.92 Å². The maximum Gasteiger partial charge on any atom is 0.305 e. The van der Waals surface area contributed by atoms with Crippen LogP contribution in [0.5, 0.6) is 0 Å². The third-order valence-electron chi connectivity index (χ3n) is 2.38. The summed E-state index contributed by atoms with van der Waals surface area (Å²) in [5.41, 5.74) is 0. The average molecular weight is 183 g/mol. The Hall–Kier alpha value is -0.860. The first-order valence-electron chi connectivity index (χ1n) is 4.83. The third kappa shape index (κ3) is 3.17. The van der Waals surface area contributed by atoms with Crippen LogP contribution in [0.4, 0.5) is 0 Å². The van der Waals surface area contributed by atoms with Gasteiger partial charge in [-0.05, 0) is 25.7 Å². The van der Waals surface area contributed by atoms with Gasteiger partial charge in [-0.25, -0.2) is 0 Å². The van der Waals surface area contributed by atoms with Crippen LogP contribution in [0.25, 0.3) is 0 Å². The van der Waals surface area contributed by atoms with Gasteiger partial charge in [-0.3, -0.25) is 9.59 Å². The summed E-state index contributed by atoms with van der Waals surface area (Å²) < 4.78 is 5.15. The summed E-state index contributed by atoms with van der Waals surface area (Å²) in [6, 6.07) is 0. The number of carbonyl (C=O) groups is 1. The van der Waals surface area contributed by atoms with Crippen molar-refractivity contribution in [3.8, 4) is 0 Å². The first-order chi connectivity index (χ1) is 6.26. The molecule has 73 valence electrons. The summed E-state index contributed by atoms with van der Waals surface area (Å²) in [5, 5.41) is 0. The molecule has 2 unspecified atom stereocenters. The van der Waals surface area contributed by atoms with E-state index in [1.165, 1.54) is 0 Å². The Morgan fingerprint density at radius 1 is 1.54 bits per heavy atom. The van der Waals surface area contributed by atoms with E-state index in [1.54, 1.807) is 6.92 Å². The summed E-state index contributed by atoms with van der Waals surface area (Å²) >= 11 is 0. The van der Waals surface area contributed by atoms with Crippen LogP contribution in [0.2, 0.25) is 0 Å². The van der Waals surface area contributed by atoms with Crippen LogP contribution in [0.15, 0.2) is 0 Å². The van der Waals surface area contributed by atoms with Gasteiger partial charge in [0.05, 0.1) is 0 Å². The fourth-order valence-corrected chi connectivity index (χ4v) is 1.63. The average Bonchev–Trinajstić information content (AvgIpc) is 2.18. The Morgan fingerprint density at radius 2 is 2.31 bits per heavy atom.